The quantitative estimate of drug-likeness (QED) is 0.692. The fourth-order valence-corrected chi connectivity index (χ4v) is 3.95. The van der Waals surface area contributed by atoms with Gasteiger partial charge in [-0.1, -0.05) is 19.1 Å². The van der Waals surface area contributed by atoms with E-state index in [1.165, 1.54) is 4.70 Å². The van der Waals surface area contributed by atoms with E-state index in [9.17, 15) is 9.59 Å². The number of carbonyl (C=O) groups excluding carboxylic acids is 1. The number of thiazole rings is 1. The number of unbranched alkanes of at least 4 members (excludes halogenated alkanes) is 1. The Morgan fingerprint density at radius 1 is 1.32 bits per heavy atom. The zero-order chi connectivity index (χ0) is 17.8. The molecular formula is C19H24N2O3S. The lowest BCUT2D eigenvalue weighted by Gasteiger charge is -2.24. The lowest BCUT2D eigenvalue weighted by Crippen LogP contribution is -2.38. The maximum absolute atomic E-state index is 12.5. The van der Waals surface area contributed by atoms with Gasteiger partial charge in [-0.3, -0.25) is 9.59 Å². The smallest absolute Gasteiger partial charge is 0.308 e. The number of fused-ring (bicyclic) bond motifs is 1. The predicted molar refractivity (Wildman–Crippen MR) is 98.7 cm³/mol. The Hall–Kier alpha value is -1.95. The number of aryl methyl sites for hydroxylation is 1. The molecule has 0 aliphatic heterocycles. The van der Waals surface area contributed by atoms with Crippen LogP contribution >= 0.6 is 11.3 Å². The summed E-state index contributed by atoms with van der Waals surface area (Å²) in [4.78, 5) is 29.9. The highest BCUT2D eigenvalue weighted by Crippen LogP contribution is 2.29. The Morgan fingerprint density at radius 2 is 2.08 bits per heavy atom. The number of hydrogen-bond donors (Lipinski definition) is 1. The highest BCUT2D eigenvalue weighted by atomic mass is 32.1. The largest absolute Gasteiger partial charge is 0.481 e. The first-order valence-corrected chi connectivity index (χ1v) is 9.73. The van der Waals surface area contributed by atoms with Gasteiger partial charge in [-0.2, -0.15) is 0 Å². The number of aliphatic carboxylic acids is 1. The number of amides is 1. The second kappa shape index (κ2) is 7.95. The van der Waals surface area contributed by atoms with E-state index in [1.807, 2.05) is 18.2 Å². The minimum atomic E-state index is -0.839. The maximum atomic E-state index is 12.5. The van der Waals surface area contributed by atoms with Crippen LogP contribution in [0.15, 0.2) is 24.3 Å². The topological polar surface area (TPSA) is 70.5 Å². The molecule has 134 valence electrons. The van der Waals surface area contributed by atoms with E-state index < -0.39 is 11.9 Å². The van der Waals surface area contributed by atoms with Gasteiger partial charge in [-0.05, 0) is 44.2 Å². The molecule has 0 saturated heterocycles. The van der Waals surface area contributed by atoms with Crippen molar-refractivity contribution in [2.24, 2.45) is 5.92 Å². The fourth-order valence-electron chi connectivity index (χ4n) is 2.94. The van der Waals surface area contributed by atoms with Crippen LogP contribution in [0.2, 0.25) is 0 Å². The second-order valence-corrected chi connectivity index (χ2v) is 7.91. The van der Waals surface area contributed by atoms with Gasteiger partial charge in [0.2, 0.25) is 5.91 Å². The molecule has 6 heteroatoms. The van der Waals surface area contributed by atoms with E-state index in [1.54, 1.807) is 23.2 Å². The summed E-state index contributed by atoms with van der Waals surface area (Å²) in [6.45, 7) is 1.99. The van der Waals surface area contributed by atoms with Gasteiger partial charge in [0, 0.05) is 19.0 Å². The van der Waals surface area contributed by atoms with Crippen LogP contribution in [0, 0.1) is 5.92 Å². The van der Waals surface area contributed by atoms with Crippen molar-refractivity contribution in [3.8, 4) is 0 Å². The molecule has 1 aromatic heterocycles. The molecule has 1 aromatic carbocycles. The number of hydrogen-bond acceptors (Lipinski definition) is 4. The molecule has 1 aliphatic carbocycles. The van der Waals surface area contributed by atoms with Crippen molar-refractivity contribution in [3.63, 3.8) is 0 Å². The molecule has 1 N–H and O–H groups in total. The molecule has 0 radical (unpaired) electrons. The summed E-state index contributed by atoms with van der Waals surface area (Å²) in [6.07, 6.45) is 5.14. The zero-order valence-corrected chi connectivity index (χ0v) is 15.3. The van der Waals surface area contributed by atoms with E-state index in [-0.39, 0.29) is 11.9 Å². The van der Waals surface area contributed by atoms with Crippen LogP contribution in [0.5, 0.6) is 0 Å². The average Bonchev–Trinajstić information content (AvgIpc) is 3.34. The number of carboxylic acid groups (broad SMARTS) is 1. The van der Waals surface area contributed by atoms with E-state index in [4.69, 9.17) is 5.11 Å². The van der Waals surface area contributed by atoms with Gasteiger partial charge in [-0.15, -0.1) is 11.3 Å². The van der Waals surface area contributed by atoms with Crippen LogP contribution in [0.3, 0.4) is 0 Å². The molecular weight excluding hydrogens is 336 g/mol. The number of rotatable bonds is 9. The monoisotopic (exact) mass is 360 g/mol. The van der Waals surface area contributed by atoms with Gasteiger partial charge in [0.25, 0.3) is 0 Å². The molecule has 1 fully saturated rings. The molecule has 25 heavy (non-hydrogen) atoms. The van der Waals surface area contributed by atoms with Crippen molar-refractivity contribution in [1.29, 1.82) is 0 Å². The van der Waals surface area contributed by atoms with Crippen LogP contribution in [0.25, 0.3) is 10.2 Å². The summed E-state index contributed by atoms with van der Waals surface area (Å²) in [5, 5.41) is 10.2. The summed E-state index contributed by atoms with van der Waals surface area (Å²) < 4.78 is 1.20. The molecule has 0 bridgehead atoms. The van der Waals surface area contributed by atoms with Gasteiger partial charge in [0.05, 0.1) is 21.1 Å². The minimum Gasteiger partial charge on any atom is -0.481 e. The van der Waals surface area contributed by atoms with Crippen LogP contribution in [0.4, 0.5) is 0 Å². The van der Waals surface area contributed by atoms with Gasteiger partial charge in [0.15, 0.2) is 0 Å². The average molecular weight is 360 g/mol. The van der Waals surface area contributed by atoms with Crippen molar-refractivity contribution < 1.29 is 14.7 Å². The first-order valence-electron chi connectivity index (χ1n) is 8.91. The van der Waals surface area contributed by atoms with Gasteiger partial charge < -0.3 is 10.0 Å². The third-order valence-corrected chi connectivity index (χ3v) is 5.67. The van der Waals surface area contributed by atoms with Crippen LogP contribution in [0.1, 0.15) is 44.0 Å². The molecule has 1 amide bonds. The third kappa shape index (κ3) is 4.78. The van der Waals surface area contributed by atoms with Gasteiger partial charge in [-0.25, -0.2) is 4.98 Å². The fraction of sp³-hybridized carbons (Fsp3) is 0.526. The van der Waals surface area contributed by atoms with Gasteiger partial charge in [0.1, 0.15) is 0 Å². The molecule has 1 saturated carbocycles. The maximum Gasteiger partial charge on any atom is 0.308 e. The molecule has 0 spiro atoms. The normalized spacial score (nSPS) is 15.2. The number of para-hydroxylation sites is 1. The lowest BCUT2D eigenvalue weighted by molar-refractivity contribution is -0.143. The number of carbonyl (C=O) groups is 2. The Labute approximate surface area is 151 Å². The summed E-state index contributed by atoms with van der Waals surface area (Å²) in [5.74, 6) is -1.25. The van der Waals surface area contributed by atoms with Crippen molar-refractivity contribution >= 4 is 33.4 Å². The SMILES string of the molecule is CC(CN(C(=O)CCCCc1nc2ccccc2s1)C1CC1)C(=O)O. The van der Waals surface area contributed by atoms with E-state index >= 15 is 0 Å². The molecule has 1 aliphatic rings. The van der Waals surface area contributed by atoms with Gasteiger partial charge >= 0.3 is 5.97 Å². The Bertz CT molecular complexity index is 721. The van der Waals surface area contributed by atoms with Crippen molar-refractivity contribution in [1.82, 2.24) is 9.88 Å². The number of benzene rings is 1. The molecule has 5 nitrogen and oxygen atoms in total. The second-order valence-electron chi connectivity index (χ2n) is 6.80. The standard InChI is InChI=1S/C19H24N2O3S/c1-13(19(23)24)12-21(14-10-11-14)18(22)9-5-4-8-17-20-15-6-2-3-7-16(15)25-17/h2-3,6-7,13-14H,4-5,8-12H2,1H3,(H,23,24). The first-order chi connectivity index (χ1) is 12.0. The lowest BCUT2D eigenvalue weighted by atomic mass is 10.1. The van der Waals surface area contributed by atoms with Crippen LogP contribution in [-0.4, -0.2) is 39.5 Å². The molecule has 1 atom stereocenters. The van der Waals surface area contributed by atoms with E-state index in [0.717, 1.165) is 42.6 Å². The number of nitrogens with zero attached hydrogens (tertiary/aromatic N) is 2. The van der Waals surface area contributed by atoms with Crippen molar-refractivity contribution in [2.45, 2.75) is 51.5 Å². The Balaban J connectivity index is 1.45. The third-order valence-electron chi connectivity index (χ3n) is 4.57. The van der Waals surface area contributed by atoms with Crippen molar-refractivity contribution in [2.75, 3.05) is 6.54 Å². The summed E-state index contributed by atoms with van der Waals surface area (Å²) in [7, 11) is 0. The summed E-state index contributed by atoms with van der Waals surface area (Å²) in [5.41, 5.74) is 1.04. The highest BCUT2D eigenvalue weighted by molar-refractivity contribution is 7.18. The summed E-state index contributed by atoms with van der Waals surface area (Å²) >= 11 is 1.72. The zero-order valence-electron chi connectivity index (χ0n) is 14.5. The molecule has 2 aromatic rings. The first kappa shape index (κ1) is 17.9. The number of carboxylic acids is 1. The van der Waals surface area contributed by atoms with E-state index in [0.29, 0.717) is 13.0 Å². The molecule has 3 rings (SSSR count). The minimum absolute atomic E-state index is 0.0971. The van der Waals surface area contributed by atoms with E-state index in [2.05, 4.69) is 11.1 Å². The Morgan fingerprint density at radius 3 is 2.76 bits per heavy atom. The Kier molecular flexibility index (Phi) is 5.68. The molecule has 1 heterocycles. The predicted octanol–water partition coefficient (Wildman–Crippen LogP) is 3.72. The van der Waals surface area contributed by atoms with Crippen molar-refractivity contribution in [3.05, 3.63) is 29.3 Å². The number of aromatic nitrogens is 1. The van der Waals surface area contributed by atoms with Crippen LogP contribution in [-0.2, 0) is 16.0 Å². The molecule has 1 unspecified atom stereocenters. The summed E-state index contributed by atoms with van der Waals surface area (Å²) in [6, 6.07) is 8.38. The highest BCUT2D eigenvalue weighted by Gasteiger charge is 2.33. The van der Waals surface area contributed by atoms with Crippen LogP contribution < -0.4 is 0 Å².